The van der Waals surface area contributed by atoms with Crippen LogP contribution in [0.4, 0.5) is 4.79 Å². The minimum Gasteiger partial charge on any atom is -0.480 e. The van der Waals surface area contributed by atoms with E-state index < -0.39 is 23.1 Å². The van der Waals surface area contributed by atoms with Gasteiger partial charge in [-0.1, -0.05) is 48.5 Å². The Morgan fingerprint density at radius 1 is 0.912 bits per heavy atom. The van der Waals surface area contributed by atoms with E-state index in [1.54, 1.807) is 11.8 Å². The second-order valence-electron chi connectivity index (χ2n) is 9.46. The van der Waals surface area contributed by atoms with Crippen molar-refractivity contribution in [3.05, 3.63) is 59.7 Å². The second-order valence-corrected chi connectivity index (χ2v) is 10.7. The Labute approximate surface area is 202 Å². The van der Waals surface area contributed by atoms with Crippen molar-refractivity contribution in [2.24, 2.45) is 0 Å². The maximum atomic E-state index is 12.9. The third kappa shape index (κ3) is 4.39. The third-order valence-electron chi connectivity index (χ3n) is 7.20. The van der Waals surface area contributed by atoms with Crippen molar-refractivity contribution < 1.29 is 24.2 Å². The summed E-state index contributed by atoms with van der Waals surface area (Å²) in [6, 6.07) is 16.3. The number of ether oxygens (including phenoxy) is 1. The first-order valence-corrected chi connectivity index (χ1v) is 12.8. The van der Waals surface area contributed by atoms with Gasteiger partial charge in [0.1, 0.15) is 12.1 Å². The zero-order chi connectivity index (χ0) is 23.8. The predicted molar refractivity (Wildman–Crippen MR) is 130 cm³/mol. The van der Waals surface area contributed by atoms with Gasteiger partial charge in [-0.25, -0.2) is 9.59 Å². The molecular weight excluding hydrogens is 452 g/mol. The largest absolute Gasteiger partial charge is 0.480 e. The molecule has 1 saturated heterocycles. The van der Waals surface area contributed by atoms with E-state index in [1.165, 1.54) is 0 Å². The fraction of sp³-hybridized carbons (Fsp3) is 0.423. The van der Waals surface area contributed by atoms with Crippen molar-refractivity contribution in [3.8, 4) is 11.1 Å². The number of amides is 2. The normalized spacial score (nSPS) is 19.4. The van der Waals surface area contributed by atoms with Gasteiger partial charge in [0.15, 0.2) is 0 Å². The summed E-state index contributed by atoms with van der Waals surface area (Å²) in [4.78, 5) is 37.1. The molecular formula is C26H28N2O5S. The van der Waals surface area contributed by atoms with Gasteiger partial charge in [-0.15, -0.1) is 0 Å². The van der Waals surface area contributed by atoms with E-state index in [9.17, 15) is 19.5 Å². The van der Waals surface area contributed by atoms with Crippen LogP contribution in [-0.2, 0) is 14.3 Å². The zero-order valence-corrected chi connectivity index (χ0v) is 19.7. The number of nitrogens with one attached hydrogen (secondary N) is 2. The molecule has 1 heterocycles. The molecule has 7 nitrogen and oxygen atoms in total. The summed E-state index contributed by atoms with van der Waals surface area (Å²) in [6.07, 6.45) is 1.66. The molecule has 2 aromatic rings. The van der Waals surface area contributed by atoms with Crippen LogP contribution in [-0.4, -0.2) is 52.3 Å². The van der Waals surface area contributed by atoms with E-state index in [-0.39, 0.29) is 24.9 Å². The van der Waals surface area contributed by atoms with Crippen LogP contribution < -0.4 is 10.6 Å². The van der Waals surface area contributed by atoms with Crippen LogP contribution in [0.2, 0.25) is 0 Å². The quantitative estimate of drug-likeness (QED) is 0.555. The number of carboxylic acid groups (broad SMARTS) is 1. The van der Waals surface area contributed by atoms with Gasteiger partial charge in [0.2, 0.25) is 5.91 Å². The highest BCUT2D eigenvalue weighted by atomic mass is 32.2. The molecule has 0 atom stereocenters. The summed E-state index contributed by atoms with van der Waals surface area (Å²) < 4.78 is 5.72. The molecule has 0 radical (unpaired) electrons. The van der Waals surface area contributed by atoms with Crippen LogP contribution in [0, 0.1) is 0 Å². The summed E-state index contributed by atoms with van der Waals surface area (Å²) in [7, 11) is 0. The van der Waals surface area contributed by atoms with E-state index in [4.69, 9.17) is 4.74 Å². The Morgan fingerprint density at radius 2 is 1.50 bits per heavy atom. The molecule has 178 valence electrons. The maximum absolute atomic E-state index is 12.9. The molecule has 2 fully saturated rings. The molecule has 3 N–H and O–H groups in total. The molecule has 2 aliphatic carbocycles. The summed E-state index contributed by atoms with van der Waals surface area (Å²) >= 11 is 1.78. The molecule has 8 heteroatoms. The maximum Gasteiger partial charge on any atom is 0.407 e. The average molecular weight is 481 g/mol. The molecule has 34 heavy (non-hydrogen) atoms. The molecule has 5 rings (SSSR count). The predicted octanol–water partition coefficient (Wildman–Crippen LogP) is 3.91. The Hall–Kier alpha value is -3.00. The summed E-state index contributed by atoms with van der Waals surface area (Å²) in [6.45, 7) is 0.207. The molecule has 0 aromatic heterocycles. The lowest BCUT2D eigenvalue weighted by Gasteiger charge is -2.37. The monoisotopic (exact) mass is 480 g/mol. The van der Waals surface area contributed by atoms with Crippen molar-refractivity contribution in [1.82, 2.24) is 10.6 Å². The third-order valence-corrected chi connectivity index (χ3v) is 8.18. The fourth-order valence-corrected chi connectivity index (χ4v) is 6.37. The number of fused-ring (bicyclic) bond motifs is 3. The lowest BCUT2D eigenvalue weighted by molar-refractivity contribution is -0.143. The van der Waals surface area contributed by atoms with E-state index in [2.05, 4.69) is 34.9 Å². The topological polar surface area (TPSA) is 105 Å². The van der Waals surface area contributed by atoms with Gasteiger partial charge < -0.3 is 20.5 Å². The van der Waals surface area contributed by atoms with Gasteiger partial charge in [-0.05, 0) is 59.4 Å². The van der Waals surface area contributed by atoms with Crippen molar-refractivity contribution in [1.29, 1.82) is 0 Å². The van der Waals surface area contributed by atoms with Crippen molar-refractivity contribution in [2.45, 2.75) is 49.1 Å². The minimum atomic E-state index is -1.13. The number of hydrogen-bond acceptors (Lipinski definition) is 5. The van der Waals surface area contributed by atoms with Crippen LogP contribution in [0.15, 0.2) is 48.5 Å². The average Bonchev–Trinajstić information content (AvgIpc) is 3.54. The summed E-state index contributed by atoms with van der Waals surface area (Å²) in [5, 5.41) is 15.0. The molecule has 2 aromatic carbocycles. The van der Waals surface area contributed by atoms with E-state index in [0.29, 0.717) is 25.7 Å². The van der Waals surface area contributed by atoms with Gasteiger partial charge >= 0.3 is 12.1 Å². The standard InChI is InChI=1S/C26H28N2O5S/c29-22(27-26(9-10-26)23(30)31)15-25(11-13-34-14-12-25)28-24(32)33-16-21-19-7-3-1-5-17(19)18-6-2-4-8-20(18)21/h1-8,21H,9-16H2,(H,27,29)(H,28,32)(H,30,31). The van der Waals surface area contributed by atoms with Crippen molar-refractivity contribution in [3.63, 3.8) is 0 Å². The SMILES string of the molecule is O=C(CC1(NC(=O)OCC2c3ccccc3-c3ccccc32)CCSCC1)NC1(C(=O)O)CC1. The Balaban J connectivity index is 1.25. The van der Waals surface area contributed by atoms with Crippen molar-refractivity contribution >= 4 is 29.7 Å². The van der Waals surface area contributed by atoms with Crippen LogP contribution >= 0.6 is 11.8 Å². The second kappa shape index (κ2) is 8.98. The number of rotatable bonds is 7. The highest BCUT2D eigenvalue weighted by Crippen LogP contribution is 2.44. The zero-order valence-electron chi connectivity index (χ0n) is 18.8. The van der Waals surface area contributed by atoms with E-state index in [0.717, 1.165) is 33.8 Å². The van der Waals surface area contributed by atoms with Crippen LogP contribution in [0.25, 0.3) is 11.1 Å². The number of alkyl carbamates (subject to hydrolysis) is 1. The molecule has 0 bridgehead atoms. The number of thioether (sulfide) groups is 1. The first-order valence-electron chi connectivity index (χ1n) is 11.7. The van der Waals surface area contributed by atoms with Gasteiger partial charge in [-0.3, -0.25) is 4.79 Å². The fourth-order valence-electron chi connectivity index (χ4n) is 5.09. The van der Waals surface area contributed by atoms with Gasteiger partial charge in [-0.2, -0.15) is 11.8 Å². The van der Waals surface area contributed by atoms with Gasteiger partial charge in [0.05, 0.1) is 5.54 Å². The highest BCUT2D eigenvalue weighted by Gasteiger charge is 2.52. The number of carbonyl (C=O) groups is 3. The molecule has 0 unspecified atom stereocenters. The van der Waals surface area contributed by atoms with E-state index in [1.807, 2.05) is 24.3 Å². The molecule has 1 saturated carbocycles. The summed E-state index contributed by atoms with van der Waals surface area (Å²) in [5.41, 5.74) is 2.75. The Kier molecular flexibility index (Phi) is 6.02. The smallest absolute Gasteiger partial charge is 0.407 e. The van der Waals surface area contributed by atoms with Crippen LogP contribution in [0.3, 0.4) is 0 Å². The Bertz CT molecular complexity index is 1080. The van der Waals surface area contributed by atoms with Gasteiger partial charge in [0, 0.05) is 12.3 Å². The molecule has 1 aliphatic heterocycles. The number of aliphatic carboxylic acids is 1. The number of carbonyl (C=O) groups excluding carboxylic acids is 2. The Morgan fingerprint density at radius 3 is 2.06 bits per heavy atom. The molecule has 3 aliphatic rings. The first kappa shape index (κ1) is 22.8. The van der Waals surface area contributed by atoms with Gasteiger partial charge in [0.25, 0.3) is 0 Å². The number of benzene rings is 2. The van der Waals surface area contributed by atoms with E-state index >= 15 is 0 Å². The number of carboxylic acids is 1. The minimum absolute atomic E-state index is 0.0374. The first-order chi connectivity index (χ1) is 16.4. The van der Waals surface area contributed by atoms with Crippen molar-refractivity contribution in [2.75, 3.05) is 18.1 Å². The molecule has 2 amide bonds. The summed E-state index contributed by atoms with van der Waals surface area (Å²) in [5.74, 6) is 0.260. The lowest BCUT2D eigenvalue weighted by atomic mass is 9.88. The van der Waals surface area contributed by atoms with Crippen LogP contribution in [0.1, 0.15) is 49.1 Å². The molecule has 0 spiro atoms. The number of hydrogen-bond donors (Lipinski definition) is 3. The lowest BCUT2D eigenvalue weighted by Crippen LogP contribution is -2.55. The highest BCUT2D eigenvalue weighted by molar-refractivity contribution is 7.99. The van der Waals surface area contributed by atoms with Crippen LogP contribution in [0.5, 0.6) is 0 Å².